The van der Waals surface area contributed by atoms with Crippen LogP contribution in [0.1, 0.15) is 57.2 Å². The van der Waals surface area contributed by atoms with Crippen LogP contribution in [-0.2, 0) is 24.5 Å². The highest BCUT2D eigenvalue weighted by Gasteiger charge is 2.26. The summed E-state index contributed by atoms with van der Waals surface area (Å²) in [5, 5.41) is 1.52. The zero-order valence-corrected chi connectivity index (χ0v) is 19.5. The lowest BCUT2D eigenvalue weighted by Crippen LogP contribution is -2.31. The third-order valence-electron chi connectivity index (χ3n) is 6.60. The highest BCUT2D eigenvalue weighted by Crippen LogP contribution is 2.39. The molecule has 1 saturated carbocycles. The Labute approximate surface area is 202 Å². The zero-order chi connectivity index (χ0) is 23.2. The monoisotopic (exact) mass is 470 g/mol. The number of carbonyl (C=O) groups is 1. The van der Waals surface area contributed by atoms with Crippen molar-refractivity contribution >= 4 is 34.1 Å². The third kappa shape index (κ3) is 3.83. The summed E-state index contributed by atoms with van der Waals surface area (Å²) in [4.78, 5) is 29.0. The lowest BCUT2D eigenvalue weighted by molar-refractivity contribution is 0.0984. The van der Waals surface area contributed by atoms with Crippen LogP contribution in [0, 0.1) is 6.92 Å². The second-order valence-electron chi connectivity index (χ2n) is 8.95. The fraction of sp³-hybridized carbons (Fsp3) is 0.259. The van der Waals surface area contributed by atoms with Crippen LogP contribution < -0.4 is 4.90 Å². The predicted molar refractivity (Wildman–Crippen MR) is 131 cm³/mol. The van der Waals surface area contributed by atoms with Gasteiger partial charge in [-0.05, 0) is 61.2 Å². The summed E-state index contributed by atoms with van der Waals surface area (Å²) >= 11 is 6.42. The number of anilines is 1. The van der Waals surface area contributed by atoms with Crippen molar-refractivity contribution in [3.63, 3.8) is 0 Å². The molecule has 1 aliphatic carbocycles. The van der Waals surface area contributed by atoms with Crippen LogP contribution in [0.4, 0.5) is 5.69 Å². The Morgan fingerprint density at radius 3 is 2.74 bits per heavy atom. The molecule has 1 amide bonds. The Balaban J connectivity index is 1.37. The number of benzene rings is 1. The highest BCUT2D eigenvalue weighted by molar-refractivity contribution is 6.30. The van der Waals surface area contributed by atoms with Gasteiger partial charge in [-0.25, -0.2) is 4.98 Å². The van der Waals surface area contributed by atoms with Crippen LogP contribution >= 0.6 is 11.6 Å². The van der Waals surface area contributed by atoms with Crippen molar-refractivity contribution in [2.24, 2.45) is 0 Å². The van der Waals surface area contributed by atoms with Crippen molar-refractivity contribution in [1.82, 2.24) is 15.0 Å². The summed E-state index contributed by atoms with van der Waals surface area (Å²) in [6.07, 6.45) is 5.78. The standard InChI is InChI=1S/C27H23ClN4O2/c1-16-25(3-2-10-29-16)32(27(33)19-7-9-23(30-12-19)18-5-6-18)13-17-4-8-20-21-14-34-15-22(21)26(28)31-24(20)11-17/h2-4,7-12,18H,5-6,13-15H2,1H3. The van der Waals surface area contributed by atoms with Crippen LogP contribution in [0.2, 0.25) is 5.15 Å². The van der Waals surface area contributed by atoms with Crippen LogP contribution in [-0.4, -0.2) is 20.9 Å². The van der Waals surface area contributed by atoms with Crippen molar-refractivity contribution in [2.75, 3.05) is 4.90 Å². The average Bonchev–Trinajstić information content (AvgIpc) is 3.58. The van der Waals surface area contributed by atoms with Crippen molar-refractivity contribution in [3.05, 3.63) is 93.7 Å². The quantitative estimate of drug-likeness (QED) is 0.348. The number of pyridine rings is 3. The van der Waals surface area contributed by atoms with Gasteiger partial charge in [-0.1, -0.05) is 23.7 Å². The van der Waals surface area contributed by atoms with Gasteiger partial charge < -0.3 is 9.64 Å². The first-order valence-corrected chi connectivity index (χ1v) is 11.8. The molecule has 0 saturated heterocycles. The van der Waals surface area contributed by atoms with Crippen molar-refractivity contribution in [3.8, 4) is 0 Å². The second kappa shape index (κ2) is 8.46. The minimum absolute atomic E-state index is 0.112. The highest BCUT2D eigenvalue weighted by atomic mass is 35.5. The first-order valence-electron chi connectivity index (χ1n) is 11.5. The lowest BCUT2D eigenvalue weighted by atomic mass is 10.0. The number of aryl methyl sites for hydroxylation is 1. The number of rotatable bonds is 5. The van der Waals surface area contributed by atoms with E-state index in [2.05, 4.69) is 15.0 Å². The van der Waals surface area contributed by atoms with Crippen LogP contribution in [0.3, 0.4) is 0 Å². The van der Waals surface area contributed by atoms with Crippen molar-refractivity contribution in [1.29, 1.82) is 0 Å². The topological polar surface area (TPSA) is 68.2 Å². The molecule has 0 N–H and O–H groups in total. The van der Waals surface area contributed by atoms with E-state index in [1.165, 1.54) is 12.8 Å². The molecule has 6 nitrogen and oxygen atoms in total. The lowest BCUT2D eigenvalue weighted by Gasteiger charge is -2.24. The van der Waals surface area contributed by atoms with Gasteiger partial charge in [-0.3, -0.25) is 14.8 Å². The molecule has 3 aromatic heterocycles. The van der Waals surface area contributed by atoms with Crippen LogP contribution in [0.15, 0.2) is 54.9 Å². The van der Waals surface area contributed by atoms with Gasteiger partial charge in [0.1, 0.15) is 5.15 Å². The van der Waals surface area contributed by atoms with E-state index in [9.17, 15) is 4.79 Å². The van der Waals surface area contributed by atoms with Gasteiger partial charge in [-0.2, -0.15) is 0 Å². The number of fused-ring (bicyclic) bond motifs is 3. The normalized spacial score (nSPS) is 14.9. The molecule has 6 rings (SSSR count). The number of ether oxygens (including phenoxy) is 1. The molecule has 7 heteroatoms. The summed E-state index contributed by atoms with van der Waals surface area (Å²) in [7, 11) is 0. The van der Waals surface area contributed by atoms with Crippen molar-refractivity contribution in [2.45, 2.75) is 45.4 Å². The van der Waals surface area contributed by atoms with Gasteiger partial charge in [0.15, 0.2) is 0 Å². The van der Waals surface area contributed by atoms with Crippen molar-refractivity contribution < 1.29 is 9.53 Å². The summed E-state index contributed by atoms with van der Waals surface area (Å²) < 4.78 is 5.59. The summed E-state index contributed by atoms with van der Waals surface area (Å²) in [5.41, 5.74) is 7.00. The maximum Gasteiger partial charge on any atom is 0.260 e. The third-order valence-corrected chi connectivity index (χ3v) is 6.91. The van der Waals surface area contributed by atoms with Gasteiger partial charge in [0, 0.05) is 35.0 Å². The van der Waals surface area contributed by atoms with E-state index >= 15 is 0 Å². The molecule has 1 fully saturated rings. The molecular formula is C27H23ClN4O2. The Bertz CT molecular complexity index is 1420. The second-order valence-corrected chi connectivity index (χ2v) is 9.31. The minimum atomic E-state index is -0.112. The van der Waals surface area contributed by atoms with Gasteiger partial charge in [0.05, 0.1) is 42.2 Å². The molecule has 0 radical (unpaired) electrons. The smallest absolute Gasteiger partial charge is 0.260 e. The van der Waals surface area contributed by atoms with E-state index in [0.717, 1.165) is 44.7 Å². The summed E-state index contributed by atoms with van der Waals surface area (Å²) in [6, 6.07) is 13.7. The molecule has 2 aliphatic rings. The number of nitrogens with zero attached hydrogens (tertiary/aromatic N) is 4. The van der Waals surface area contributed by atoms with Crippen LogP contribution in [0.5, 0.6) is 0 Å². The molecule has 1 aromatic carbocycles. The molecule has 1 aliphatic heterocycles. The van der Waals surface area contributed by atoms with Gasteiger partial charge in [-0.15, -0.1) is 0 Å². The Kier molecular flexibility index (Phi) is 5.27. The van der Waals surface area contributed by atoms with Gasteiger partial charge in [0.2, 0.25) is 0 Å². The molecule has 34 heavy (non-hydrogen) atoms. The zero-order valence-electron chi connectivity index (χ0n) is 18.8. The van der Waals surface area contributed by atoms with E-state index in [1.54, 1.807) is 17.3 Å². The molecular weight excluding hydrogens is 448 g/mol. The first kappa shape index (κ1) is 21.2. The van der Waals surface area contributed by atoms with E-state index in [0.29, 0.717) is 36.4 Å². The maximum absolute atomic E-state index is 13.7. The minimum Gasteiger partial charge on any atom is -0.372 e. The molecule has 0 unspecified atom stereocenters. The number of amides is 1. The molecule has 170 valence electrons. The summed E-state index contributed by atoms with van der Waals surface area (Å²) in [5.74, 6) is 0.434. The summed E-state index contributed by atoms with van der Waals surface area (Å²) in [6.45, 7) is 3.32. The van der Waals surface area contributed by atoms with E-state index in [4.69, 9.17) is 16.3 Å². The average molecular weight is 471 g/mol. The van der Waals surface area contributed by atoms with Gasteiger partial charge in [0.25, 0.3) is 5.91 Å². The number of halogens is 1. The largest absolute Gasteiger partial charge is 0.372 e. The fourth-order valence-electron chi connectivity index (χ4n) is 4.57. The number of hydrogen-bond acceptors (Lipinski definition) is 5. The number of hydrogen-bond donors (Lipinski definition) is 0. The molecule has 4 heterocycles. The van der Waals surface area contributed by atoms with E-state index < -0.39 is 0 Å². The number of carbonyl (C=O) groups excluding carboxylic acids is 1. The Hall–Kier alpha value is -3.35. The fourth-order valence-corrected chi connectivity index (χ4v) is 4.83. The maximum atomic E-state index is 13.7. The Morgan fingerprint density at radius 2 is 1.97 bits per heavy atom. The van der Waals surface area contributed by atoms with E-state index in [1.807, 2.05) is 49.4 Å². The Morgan fingerprint density at radius 1 is 1.12 bits per heavy atom. The molecule has 0 bridgehead atoms. The first-order chi connectivity index (χ1) is 16.6. The molecule has 0 atom stereocenters. The molecule has 0 spiro atoms. The van der Waals surface area contributed by atoms with Gasteiger partial charge >= 0.3 is 0 Å². The van der Waals surface area contributed by atoms with Crippen LogP contribution in [0.25, 0.3) is 10.9 Å². The predicted octanol–water partition coefficient (Wildman–Crippen LogP) is 5.74. The number of aromatic nitrogens is 3. The molecule has 4 aromatic rings. The van der Waals surface area contributed by atoms with E-state index in [-0.39, 0.29) is 5.91 Å². The SMILES string of the molecule is Cc1ncccc1N(Cc1ccc2c3c(c(Cl)nc2c1)COC3)C(=O)c1ccc(C2CC2)nc1.